The van der Waals surface area contributed by atoms with Gasteiger partial charge in [0.2, 0.25) is 0 Å². The van der Waals surface area contributed by atoms with Crippen molar-refractivity contribution in [2.24, 2.45) is 0 Å². The standard InChI is InChI=1S/C11H12F2/c1-8(2)6-7-9-4-3-5-10(12)11(9)13/h3-5H,1,6-7H2,2H3. The van der Waals surface area contributed by atoms with Gasteiger partial charge in [-0.15, -0.1) is 6.58 Å². The first-order valence-corrected chi connectivity index (χ1v) is 4.18. The Balaban J connectivity index is 2.77. The van der Waals surface area contributed by atoms with E-state index in [9.17, 15) is 8.78 Å². The van der Waals surface area contributed by atoms with Crippen molar-refractivity contribution >= 4 is 0 Å². The number of halogens is 2. The highest BCUT2D eigenvalue weighted by atomic mass is 19.2. The van der Waals surface area contributed by atoms with Crippen LogP contribution in [0, 0.1) is 11.6 Å². The number of hydrogen-bond donors (Lipinski definition) is 0. The Kier molecular flexibility index (Phi) is 3.18. The minimum absolute atomic E-state index is 0.419. The first-order valence-electron chi connectivity index (χ1n) is 4.18. The molecule has 0 amide bonds. The van der Waals surface area contributed by atoms with Crippen molar-refractivity contribution in [2.45, 2.75) is 19.8 Å². The van der Waals surface area contributed by atoms with Gasteiger partial charge in [0.1, 0.15) is 0 Å². The maximum Gasteiger partial charge on any atom is 0.162 e. The van der Waals surface area contributed by atoms with Gasteiger partial charge < -0.3 is 0 Å². The molecule has 0 nitrogen and oxygen atoms in total. The Morgan fingerprint density at radius 3 is 2.69 bits per heavy atom. The predicted octanol–water partition coefficient (Wildman–Crippen LogP) is 3.47. The molecule has 0 atom stereocenters. The summed E-state index contributed by atoms with van der Waals surface area (Å²) in [5.74, 6) is -1.51. The van der Waals surface area contributed by atoms with Crippen molar-refractivity contribution in [3.8, 4) is 0 Å². The van der Waals surface area contributed by atoms with Gasteiger partial charge in [0, 0.05) is 0 Å². The second-order valence-corrected chi connectivity index (χ2v) is 3.17. The molecular weight excluding hydrogens is 170 g/mol. The molecule has 0 saturated carbocycles. The van der Waals surface area contributed by atoms with E-state index >= 15 is 0 Å². The van der Waals surface area contributed by atoms with E-state index in [-0.39, 0.29) is 0 Å². The molecule has 0 aromatic heterocycles. The minimum atomic E-state index is -0.779. The van der Waals surface area contributed by atoms with Crippen molar-refractivity contribution in [1.82, 2.24) is 0 Å². The highest BCUT2D eigenvalue weighted by Gasteiger charge is 2.06. The van der Waals surface area contributed by atoms with Crippen molar-refractivity contribution in [3.63, 3.8) is 0 Å². The summed E-state index contributed by atoms with van der Waals surface area (Å²) in [7, 11) is 0. The molecule has 0 saturated heterocycles. The maximum absolute atomic E-state index is 13.0. The lowest BCUT2D eigenvalue weighted by Gasteiger charge is -2.02. The monoisotopic (exact) mass is 182 g/mol. The van der Waals surface area contributed by atoms with Gasteiger partial charge in [-0.25, -0.2) is 8.78 Å². The lowest BCUT2D eigenvalue weighted by molar-refractivity contribution is 0.498. The largest absolute Gasteiger partial charge is 0.204 e. The zero-order chi connectivity index (χ0) is 9.84. The van der Waals surface area contributed by atoms with Crippen LogP contribution in [0.1, 0.15) is 18.9 Å². The molecule has 1 rings (SSSR count). The van der Waals surface area contributed by atoms with E-state index < -0.39 is 11.6 Å². The molecule has 0 spiro atoms. The third kappa shape index (κ3) is 2.65. The molecule has 0 aliphatic rings. The number of benzene rings is 1. The van der Waals surface area contributed by atoms with Crippen molar-refractivity contribution < 1.29 is 8.78 Å². The van der Waals surface area contributed by atoms with Crippen LogP contribution in [0.4, 0.5) is 8.78 Å². The van der Waals surface area contributed by atoms with Crippen LogP contribution in [0.3, 0.4) is 0 Å². The summed E-state index contributed by atoms with van der Waals surface area (Å²) in [5, 5.41) is 0. The third-order valence-corrected chi connectivity index (χ3v) is 1.85. The molecule has 0 bridgehead atoms. The van der Waals surface area contributed by atoms with Gasteiger partial charge in [0.15, 0.2) is 11.6 Å². The molecule has 0 aliphatic carbocycles. The van der Waals surface area contributed by atoms with E-state index in [0.717, 1.165) is 11.6 Å². The number of hydrogen-bond acceptors (Lipinski definition) is 0. The van der Waals surface area contributed by atoms with Gasteiger partial charge >= 0.3 is 0 Å². The van der Waals surface area contributed by atoms with Gasteiger partial charge in [-0.05, 0) is 31.4 Å². The van der Waals surface area contributed by atoms with Gasteiger partial charge in [0.25, 0.3) is 0 Å². The van der Waals surface area contributed by atoms with Crippen molar-refractivity contribution in [3.05, 3.63) is 47.5 Å². The fraction of sp³-hybridized carbons (Fsp3) is 0.273. The molecule has 1 aromatic carbocycles. The van der Waals surface area contributed by atoms with E-state index in [0.29, 0.717) is 18.4 Å². The predicted molar refractivity (Wildman–Crippen MR) is 49.5 cm³/mol. The van der Waals surface area contributed by atoms with Crippen LogP contribution in [-0.2, 0) is 6.42 Å². The van der Waals surface area contributed by atoms with Gasteiger partial charge in [-0.1, -0.05) is 17.7 Å². The molecule has 0 aliphatic heterocycles. The average molecular weight is 182 g/mol. The fourth-order valence-corrected chi connectivity index (χ4v) is 1.09. The lowest BCUT2D eigenvalue weighted by atomic mass is 10.1. The highest BCUT2D eigenvalue weighted by molar-refractivity contribution is 5.19. The zero-order valence-electron chi connectivity index (χ0n) is 7.61. The van der Waals surface area contributed by atoms with Gasteiger partial charge in [0.05, 0.1) is 0 Å². The van der Waals surface area contributed by atoms with Crippen LogP contribution in [0.15, 0.2) is 30.4 Å². The van der Waals surface area contributed by atoms with Crippen LogP contribution in [0.2, 0.25) is 0 Å². The molecule has 0 N–H and O–H groups in total. The molecule has 0 radical (unpaired) electrons. The summed E-state index contributed by atoms with van der Waals surface area (Å²) in [4.78, 5) is 0. The van der Waals surface area contributed by atoms with E-state index in [1.165, 1.54) is 6.07 Å². The summed E-state index contributed by atoms with van der Waals surface area (Å²) in [6.07, 6.45) is 1.21. The van der Waals surface area contributed by atoms with E-state index in [1.54, 1.807) is 6.07 Å². The molecule has 0 heterocycles. The number of allylic oxidation sites excluding steroid dienone is 1. The molecule has 1 aromatic rings. The van der Waals surface area contributed by atoms with Gasteiger partial charge in [-0.2, -0.15) is 0 Å². The second kappa shape index (κ2) is 4.17. The maximum atomic E-state index is 13.0. The molecule has 2 heteroatoms. The van der Waals surface area contributed by atoms with E-state index in [2.05, 4.69) is 6.58 Å². The van der Waals surface area contributed by atoms with Crippen LogP contribution >= 0.6 is 0 Å². The third-order valence-electron chi connectivity index (χ3n) is 1.85. The Hall–Kier alpha value is -1.18. The molecular formula is C11H12F2. The van der Waals surface area contributed by atoms with Crippen molar-refractivity contribution in [2.75, 3.05) is 0 Å². The Morgan fingerprint density at radius 2 is 2.08 bits per heavy atom. The van der Waals surface area contributed by atoms with Gasteiger partial charge in [-0.3, -0.25) is 0 Å². The highest BCUT2D eigenvalue weighted by Crippen LogP contribution is 2.14. The molecule has 70 valence electrons. The van der Waals surface area contributed by atoms with E-state index in [1.807, 2.05) is 6.92 Å². The van der Waals surface area contributed by atoms with Crippen LogP contribution in [0.5, 0.6) is 0 Å². The lowest BCUT2D eigenvalue weighted by Crippen LogP contribution is -1.94. The summed E-state index contributed by atoms with van der Waals surface area (Å²) in [6.45, 7) is 5.58. The number of rotatable bonds is 3. The SMILES string of the molecule is C=C(C)CCc1cccc(F)c1F. The topological polar surface area (TPSA) is 0 Å². The number of aryl methyl sites for hydroxylation is 1. The van der Waals surface area contributed by atoms with Crippen LogP contribution < -0.4 is 0 Å². The Bertz CT molecular complexity index is 316. The molecule has 13 heavy (non-hydrogen) atoms. The summed E-state index contributed by atoms with van der Waals surface area (Å²) in [6, 6.07) is 4.24. The summed E-state index contributed by atoms with van der Waals surface area (Å²) in [5.41, 5.74) is 1.40. The molecule has 0 fully saturated rings. The van der Waals surface area contributed by atoms with Crippen molar-refractivity contribution in [1.29, 1.82) is 0 Å². The van der Waals surface area contributed by atoms with E-state index in [4.69, 9.17) is 0 Å². The second-order valence-electron chi connectivity index (χ2n) is 3.17. The first-order chi connectivity index (χ1) is 6.11. The van der Waals surface area contributed by atoms with Crippen LogP contribution in [-0.4, -0.2) is 0 Å². The zero-order valence-corrected chi connectivity index (χ0v) is 7.61. The fourth-order valence-electron chi connectivity index (χ4n) is 1.09. The summed E-state index contributed by atoms with van der Waals surface area (Å²) < 4.78 is 25.8. The average Bonchev–Trinajstić information content (AvgIpc) is 2.07. The summed E-state index contributed by atoms with van der Waals surface area (Å²) >= 11 is 0. The van der Waals surface area contributed by atoms with Crippen LogP contribution in [0.25, 0.3) is 0 Å². The Labute approximate surface area is 76.9 Å². The quantitative estimate of drug-likeness (QED) is 0.628. The first kappa shape index (κ1) is 9.90. The molecule has 0 unspecified atom stereocenters. The smallest absolute Gasteiger partial charge is 0.162 e. The normalized spacial score (nSPS) is 10.1. The Morgan fingerprint density at radius 1 is 1.38 bits per heavy atom. The minimum Gasteiger partial charge on any atom is -0.204 e.